The Bertz CT molecular complexity index is 599. The number of carbonyl (C=O) groups excluding carboxylic acids is 2. The molecule has 0 saturated carbocycles. The van der Waals surface area contributed by atoms with Crippen LogP contribution in [0.1, 0.15) is 136 Å². The maximum Gasteiger partial charge on any atom is 0.234 e. The summed E-state index contributed by atoms with van der Waals surface area (Å²) < 4.78 is 0. The Hall–Kier alpha value is -1.64. The van der Waals surface area contributed by atoms with E-state index in [-0.39, 0.29) is 11.7 Å². The lowest BCUT2D eigenvalue weighted by Crippen LogP contribution is -2.29. The Labute approximate surface area is 204 Å². The van der Waals surface area contributed by atoms with Crippen LogP contribution in [0, 0.1) is 5.92 Å². The summed E-state index contributed by atoms with van der Waals surface area (Å²) in [5.74, 6) is -0.487. The number of ketones is 1. The predicted molar refractivity (Wildman–Crippen MR) is 143 cm³/mol. The molecule has 33 heavy (non-hydrogen) atoms. The average molecular weight is 458 g/mol. The summed E-state index contributed by atoms with van der Waals surface area (Å²) in [6.45, 7) is 4.49. The summed E-state index contributed by atoms with van der Waals surface area (Å²) in [4.78, 5) is 25.9. The summed E-state index contributed by atoms with van der Waals surface area (Å²) in [5.41, 5.74) is 0.777. The number of hydrogen-bond donors (Lipinski definition) is 1. The molecule has 0 aliphatic heterocycles. The van der Waals surface area contributed by atoms with Crippen molar-refractivity contribution in [2.75, 3.05) is 5.32 Å². The van der Waals surface area contributed by atoms with Gasteiger partial charge in [-0.2, -0.15) is 0 Å². The van der Waals surface area contributed by atoms with Gasteiger partial charge in [0, 0.05) is 12.1 Å². The van der Waals surface area contributed by atoms with Gasteiger partial charge in [-0.1, -0.05) is 135 Å². The number of para-hydroxylation sites is 1. The van der Waals surface area contributed by atoms with Crippen LogP contribution in [-0.4, -0.2) is 11.7 Å². The normalized spacial score (nSPS) is 11.9. The van der Waals surface area contributed by atoms with E-state index in [1.54, 1.807) is 0 Å². The fourth-order valence-electron chi connectivity index (χ4n) is 4.46. The van der Waals surface area contributed by atoms with Gasteiger partial charge in [-0.05, 0) is 25.0 Å². The molecular formula is C30H51NO2. The molecule has 1 N–H and O–H groups in total. The minimum absolute atomic E-state index is 0.120. The van der Waals surface area contributed by atoms with Crippen molar-refractivity contribution in [3.8, 4) is 0 Å². The molecule has 0 aliphatic rings. The highest BCUT2D eigenvalue weighted by Gasteiger charge is 2.25. The quantitative estimate of drug-likeness (QED) is 0.139. The number of nitrogens with one attached hydrogen (secondary N) is 1. The fourth-order valence-corrected chi connectivity index (χ4v) is 4.46. The van der Waals surface area contributed by atoms with E-state index in [0.29, 0.717) is 12.8 Å². The van der Waals surface area contributed by atoms with Crippen LogP contribution in [0.25, 0.3) is 0 Å². The van der Waals surface area contributed by atoms with Crippen molar-refractivity contribution in [3.05, 3.63) is 30.3 Å². The van der Waals surface area contributed by atoms with E-state index in [9.17, 15) is 9.59 Å². The monoisotopic (exact) mass is 457 g/mol. The third kappa shape index (κ3) is 15.8. The average Bonchev–Trinajstić information content (AvgIpc) is 2.82. The zero-order valence-electron chi connectivity index (χ0n) is 21.7. The van der Waals surface area contributed by atoms with Crippen LogP contribution < -0.4 is 5.32 Å². The number of Topliss-reactive ketones (excluding diaryl/α,β-unsaturated/α-hetero) is 1. The molecule has 0 heterocycles. The minimum atomic E-state index is -0.501. The van der Waals surface area contributed by atoms with Gasteiger partial charge < -0.3 is 5.32 Å². The van der Waals surface area contributed by atoms with Crippen LogP contribution in [-0.2, 0) is 9.59 Å². The van der Waals surface area contributed by atoms with Gasteiger partial charge >= 0.3 is 0 Å². The molecule has 188 valence electrons. The number of unbranched alkanes of at least 4 members (excludes halogenated alkanes) is 15. The van der Waals surface area contributed by atoms with Crippen molar-refractivity contribution in [3.63, 3.8) is 0 Å². The Morgan fingerprint density at radius 3 is 1.61 bits per heavy atom. The van der Waals surface area contributed by atoms with Gasteiger partial charge in [0.15, 0.2) is 0 Å². The molecular weight excluding hydrogens is 406 g/mol. The van der Waals surface area contributed by atoms with Crippen LogP contribution in [0.4, 0.5) is 5.69 Å². The van der Waals surface area contributed by atoms with E-state index < -0.39 is 5.92 Å². The second kappa shape index (κ2) is 20.9. The lowest BCUT2D eigenvalue weighted by molar-refractivity contribution is -0.131. The van der Waals surface area contributed by atoms with E-state index in [2.05, 4.69) is 19.2 Å². The number of carbonyl (C=O) groups is 2. The molecule has 0 bridgehead atoms. The molecule has 1 rings (SSSR count). The highest BCUT2D eigenvalue weighted by Crippen LogP contribution is 2.20. The Morgan fingerprint density at radius 1 is 0.636 bits per heavy atom. The van der Waals surface area contributed by atoms with E-state index in [4.69, 9.17) is 0 Å². The van der Waals surface area contributed by atoms with Crippen molar-refractivity contribution in [2.24, 2.45) is 5.92 Å². The molecule has 1 aromatic carbocycles. The maximum atomic E-state index is 13.0. The Morgan fingerprint density at radius 2 is 1.09 bits per heavy atom. The standard InChI is InChI=1S/C30H51NO2/c1-3-5-7-9-11-13-15-17-22-26-29(32)28(25-21-16-14-12-10-8-6-4-2)30(33)31-27-23-19-18-20-24-27/h18-20,23-24,28H,3-17,21-22,25-26H2,1-2H3,(H,31,33)/t28-/m0/s1. The fraction of sp³-hybridized carbons (Fsp3) is 0.733. The zero-order valence-corrected chi connectivity index (χ0v) is 21.7. The van der Waals surface area contributed by atoms with Gasteiger partial charge in [0.1, 0.15) is 5.78 Å². The van der Waals surface area contributed by atoms with E-state index >= 15 is 0 Å². The van der Waals surface area contributed by atoms with Crippen molar-refractivity contribution >= 4 is 17.4 Å². The number of anilines is 1. The van der Waals surface area contributed by atoms with Crippen molar-refractivity contribution < 1.29 is 9.59 Å². The molecule has 0 unspecified atom stereocenters. The van der Waals surface area contributed by atoms with Crippen LogP contribution >= 0.6 is 0 Å². The Kier molecular flexibility index (Phi) is 18.6. The number of rotatable bonds is 22. The topological polar surface area (TPSA) is 46.2 Å². The van der Waals surface area contributed by atoms with Crippen LogP contribution in [0.3, 0.4) is 0 Å². The first-order valence-corrected chi connectivity index (χ1v) is 14.1. The molecule has 3 nitrogen and oxygen atoms in total. The first-order valence-electron chi connectivity index (χ1n) is 14.1. The summed E-state index contributed by atoms with van der Waals surface area (Å²) in [7, 11) is 0. The van der Waals surface area contributed by atoms with E-state index in [1.807, 2.05) is 30.3 Å². The largest absolute Gasteiger partial charge is 0.325 e. The number of benzene rings is 1. The second-order valence-corrected chi connectivity index (χ2v) is 9.72. The highest BCUT2D eigenvalue weighted by atomic mass is 16.2. The molecule has 0 fully saturated rings. The first-order chi connectivity index (χ1) is 16.2. The van der Waals surface area contributed by atoms with Crippen molar-refractivity contribution in [1.82, 2.24) is 0 Å². The van der Waals surface area contributed by atoms with Gasteiger partial charge in [-0.3, -0.25) is 9.59 Å². The molecule has 1 atom stereocenters. The van der Waals surface area contributed by atoms with Crippen LogP contribution in [0.15, 0.2) is 30.3 Å². The third-order valence-corrected chi connectivity index (χ3v) is 6.62. The van der Waals surface area contributed by atoms with Gasteiger partial charge in [-0.25, -0.2) is 0 Å². The molecule has 1 amide bonds. The minimum Gasteiger partial charge on any atom is -0.325 e. The molecule has 0 spiro atoms. The lowest BCUT2D eigenvalue weighted by atomic mass is 9.92. The van der Waals surface area contributed by atoms with Crippen molar-refractivity contribution in [1.29, 1.82) is 0 Å². The van der Waals surface area contributed by atoms with E-state index in [1.165, 1.54) is 83.5 Å². The summed E-state index contributed by atoms with van der Waals surface area (Å²) >= 11 is 0. The van der Waals surface area contributed by atoms with Crippen LogP contribution in [0.5, 0.6) is 0 Å². The van der Waals surface area contributed by atoms with E-state index in [0.717, 1.165) is 31.4 Å². The lowest BCUT2D eigenvalue weighted by Gasteiger charge is -2.16. The highest BCUT2D eigenvalue weighted by molar-refractivity contribution is 6.07. The summed E-state index contributed by atoms with van der Waals surface area (Å²) in [5, 5.41) is 2.97. The summed E-state index contributed by atoms with van der Waals surface area (Å²) in [6, 6.07) is 9.52. The summed E-state index contributed by atoms with van der Waals surface area (Å²) in [6.07, 6.45) is 22.2. The van der Waals surface area contributed by atoms with Gasteiger partial charge in [0.2, 0.25) is 5.91 Å². The molecule has 0 aliphatic carbocycles. The second-order valence-electron chi connectivity index (χ2n) is 9.72. The predicted octanol–water partition coefficient (Wildman–Crippen LogP) is 9.26. The van der Waals surface area contributed by atoms with Gasteiger partial charge in [0.25, 0.3) is 0 Å². The number of amides is 1. The molecule has 1 aromatic rings. The zero-order chi connectivity index (χ0) is 24.0. The van der Waals surface area contributed by atoms with Crippen LogP contribution in [0.2, 0.25) is 0 Å². The maximum absolute atomic E-state index is 13.0. The first kappa shape index (κ1) is 29.4. The molecule has 0 saturated heterocycles. The Balaban J connectivity index is 2.36. The van der Waals surface area contributed by atoms with Gasteiger partial charge in [0.05, 0.1) is 5.92 Å². The van der Waals surface area contributed by atoms with Gasteiger partial charge in [-0.15, -0.1) is 0 Å². The SMILES string of the molecule is CCCCCCCCCCCC(=O)[C@H](CCCCCCCCCC)C(=O)Nc1ccccc1. The molecule has 3 heteroatoms. The van der Waals surface area contributed by atoms with Crippen molar-refractivity contribution in [2.45, 2.75) is 136 Å². The number of hydrogen-bond acceptors (Lipinski definition) is 2. The smallest absolute Gasteiger partial charge is 0.234 e. The third-order valence-electron chi connectivity index (χ3n) is 6.62. The molecule has 0 radical (unpaired) electrons. The molecule has 0 aromatic heterocycles.